The van der Waals surface area contributed by atoms with Gasteiger partial charge in [0.1, 0.15) is 0 Å². The SMILES string of the molecule is O.O.O.O=[As](O)(O)O.O=[As](O)(O)O. The summed E-state index contributed by atoms with van der Waals surface area (Å²) < 4.78 is 61.4. The summed E-state index contributed by atoms with van der Waals surface area (Å²) in [5.41, 5.74) is 0. The van der Waals surface area contributed by atoms with Gasteiger partial charge in [-0.25, -0.2) is 0 Å². The third kappa shape index (κ3) is 10400. The van der Waals surface area contributed by atoms with E-state index in [0.717, 1.165) is 0 Å². The van der Waals surface area contributed by atoms with Crippen molar-refractivity contribution in [2.75, 3.05) is 0 Å². The van der Waals surface area contributed by atoms with Crippen LogP contribution < -0.4 is 0 Å². The average Bonchev–Trinajstić information content (AvgIpc) is 1.12. The van der Waals surface area contributed by atoms with Crippen LogP contribution in [0.5, 0.6) is 0 Å². The van der Waals surface area contributed by atoms with E-state index in [2.05, 4.69) is 0 Å². The molecule has 0 aromatic heterocycles. The van der Waals surface area contributed by atoms with Gasteiger partial charge in [-0.2, -0.15) is 0 Å². The average molecular weight is 338 g/mol. The van der Waals surface area contributed by atoms with Crippen molar-refractivity contribution in [2.24, 2.45) is 0 Å². The van der Waals surface area contributed by atoms with Crippen molar-refractivity contribution in [3.8, 4) is 0 Å². The Morgan fingerprint density at radius 1 is 0.538 bits per heavy atom. The first kappa shape index (κ1) is 29.2. The van der Waals surface area contributed by atoms with E-state index in [0.29, 0.717) is 0 Å². The molecule has 0 fully saturated rings. The van der Waals surface area contributed by atoms with Crippen molar-refractivity contribution in [1.82, 2.24) is 0 Å². The molecule has 0 rings (SSSR count). The molecule has 0 aliphatic heterocycles. The Kier molecular flexibility index (Phi) is 23.4. The van der Waals surface area contributed by atoms with Crippen LogP contribution in [-0.2, 0) is 7.48 Å². The normalized spacial score (nSPS) is 9.08. The van der Waals surface area contributed by atoms with E-state index >= 15 is 0 Å². The summed E-state index contributed by atoms with van der Waals surface area (Å²) in [5.74, 6) is 0. The molecule has 0 amide bonds. The number of rotatable bonds is 0. The maximum atomic E-state index is 8.94. The van der Waals surface area contributed by atoms with Gasteiger partial charge in [-0.15, -0.1) is 0 Å². The van der Waals surface area contributed by atoms with E-state index in [4.69, 9.17) is 32.1 Å². The Bertz CT molecular complexity index is 120. The van der Waals surface area contributed by atoms with Gasteiger partial charge in [0, 0.05) is 0 Å². The molecule has 13 heavy (non-hydrogen) atoms. The molecular formula is H12As2O11. The minimum absolute atomic E-state index is 0. The quantitative estimate of drug-likeness (QED) is 0.231. The predicted octanol–water partition coefficient (Wildman–Crippen LogP) is -6.82. The molecule has 0 saturated heterocycles. The molecule has 0 heterocycles. The van der Waals surface area contributed by atoms with Crippen LogP contribution in [0.25, 0.3) is 0 Å². The van der Waals surface area contributed by atoms with Crippen LogP contribution in [0.1, 0.15) is 0 Å². The molecule has 0 spiro atoms. The molecule has 0 unspecified atom stereocenters. The molecule has 12 N–H and O–H groups in total. The first-order valence-corrected chi connectivity index (χ1v) is 8.13. The fourth-order valence-corrected chi connectivity index (χ4v) is 0. The molecule has 0 aromatic carbocycles. The van der Waals surface area contributed by atoms with Crippen LogP contribution >= 0.6 is 0 Å². The van der Waals surface area contributed by atoms with E-state index in [1.165, 1.54) is 0 Å². The Labute approximate surface area is 77.9 Å². The van der Waals surface area contributed by atoms with Gasteiger partial charge in [0.15, 0.2) is 0 Å². The molecule has 13 heteroatoms. The summed E-state index contributed by atoms with van der Waals surface area (Å²) in [4.78, 5) is 0. The zero-order valence-electron chi connectivity index (χ0n) is 5.89. The second-order valence-corrected chi connectivity index (χ2v) is 5.33. The van der Waals surface area contributed by atoms with Crippen LogP contribution in [0.3, 0.4) is 0 Å². The number of hydrogen-bond acceptors (Lipinski definition) is 2. The van der Waals surface area contributed by atoms with E-state index < -0.39 is 29.0 Å². The molecule has 0 aliphatic rings. The van der Waals surface area contributed by atoms with Crippen molar-refractivity contribution in [3.63, 3.8) is 0 Å². The fraction of sp³-hybridized carbons (Fsp3) is 0. The van der Waals surface area contributed by atoms with E-state index in [1.54, 1.807) is 0 Å². The molecule has 0 aliphatic carbocycles. The summed E-state index contributed by atoms with van der Waals surface area (Å²) in [7, 11) is 0. The molecule has 0 aromatic rings. The summed E-state index contributed by atoms with van der Waals surface area (Å²) in [6.45, 7) is 0. The van der Waals surface area contributed by atoms with Gasteiger partial charge < -0.3 is 16.4 Å². The minimum atomic E-state index is -5.12. The second kappa shape index (κ2) is 10.4. The molecule has 11 nitrogen and oxygen atoms in total. The Hall–Kier alpha value is 0.357. The van der Waals surface area contributed by atoms with Crippen LogP contribution in [-0.4, -0.2) is 70.0 Å². The number of hydrogen-bond donors (Lipinski definition) is 6. The molecule has 0 radical (unpaired) electrons. The van der Waals surface area contributed by atoms with E-state index in [-0.39, 0.29) is 16.4 Å². The van der Waals surface area contributed by atoms with Gasteiger partial charge in [0.25, 0.3) is 0 Å². The summed E-state index contributed by atoms with van der Waals surface area (Å²) in [6.07, 6.45) is 0. The molecule has 0 atom stereocenters. The summed E-state index contributed by atoms with van der Waals surface area (Å²) in [5, 5.41) is 0. The van der Waals surface area contributed by atoms with Gasteiger partial charge in [-0.1, -0.05) is 0 Å². The standard InChI is InChI=1S/2AsH3O4.3H2O/c2*2-1(3,4)5;;;/h2*(H3,2,3,4,5);3*1H2. The van der Waals surface area contributed by atoms with Crippen molar-refractivity contribution >= 4 is 29.0 Å². The van der Waals surface area contributed by atoms with E-state index in [1.807, 2.05) is 0 Å². The van der Waals surface area contributed by atoms with Crippen molar-refractivity contribution in [2.45, 2.75) is 0 Å². The van der Waals surface area contributed by atoms with Gasteiger partial charge in [-0.05, 0) is 0 Å². The van der Waals surface area contributed by atoms with Crippen molar-refractivity contribution in [3.05, 3.63) is 0 Å². The molecular weight excluding hydrogens is 326 g/mol. The first-order chi connectivity index (χ1) is 4.00. The molecule has 0 bridgehead atoms. The maximum absolute atomic E-state index is 8.94. The topological polar surface area (TPSA) is 250 Å². The van der Waals surface area contributed by atoms with Crippen LogP contribution in [0, 0.1) is 0 Å². The monoisotopic (exact) mass is 338 g/mol. The van der Waals surface area contributed by atoms with Crippen LogP contribution in [0.2, 0.25) is 0 Å². The zero-order chi connectivity index (χ0) is 9.00. The van der Waals surface area contributed by atoms with Crippen LogP contribution in [0.15, 0.2) is 0 Å². The van der Waals surface area contributed by atoms with E-state index in [9.17, 15) is 0 Å². The second-order valence-electron chi connectivity index (χ2n) is 1.03. The Morgan fingerprint density at radius 3 is 0.538 bits per heavy atom. The predicted molar refractivity (Wildman–Crippen MR) is 37.0 cm³/mol. The Balaban J connectivity index is -0.0000000267. The third-order valence-corrected chi connectivity index (χ3v) is 0. The van der Waals surface area contributed by atoms with Gasteiger partial charge >= 0.3 is 61.1 Å². The third-order valence-electron chi connectivity index (χ3n) is 0. The van der Waals surface area contributed by atoms with Crippen molar-refractivity contribution < 1.29 is 48.5 Å². The Morgan fingerprint density at radius 2 is 0.538 bits per heavy atom. The molecule has 0 saturated carbocycles. The first-order valence-electron chi connectivity index (χ1n) is 1.57. The van der Waals surface area contributed by atoms with Gasteiger partial charge in [-0.3, -0.25) is 0 Å². The van der Waals surface area contributed by atoms with Crippen molar-refractivity contribution in [1.29, 1.82) is 0 Å². The van der Waals surface area contributed by atoms with Crippen LogP contribution in [0.4, 0.5) is 0 Å². The summed E-state index contributed by atoms with van der Waals surface area (Å²) >= 11 is -10.2. The summed E-state index contributed by atoms with van der Waals surface area (Å²) in [6, 6.07) is 0. The fourth-order valence-electron chi connectivity index (χ4n) is 0. The van der Waals surface area contributed by atoms with Gasteiger partial charge in [0.2, 0.25) is 0 Å². The zero-order valence-corrected chi connectivity index (χ0v) is 9.65. The molecule has 88 valence electrons. The van der Waals surface area contributed by atoms with Gasteiger partial charge in [0.05, 0.1) is 0 Å².